The summed E-state index contributed by atoms with van der Waals surface area (Å²) in [6.07, 6.45) is 1.94. The first kappa shape index (κ1) is 23.7. The number of sulfone groups is 1. The van der Waals surface area contributed by atoms with E-state index < -0.39 is 9.84 Å². The molecule has 0 radical (unpaired) electrons. The zero-order valence-corrected chi connectivity index (χ0v) is 20.3. The molecule has 0 aliphatic heterocycles. The Bertz CT molecular complexity index is 1300. The Hall–Kier alpha value is -3.49. The maximum atomic E-state index is 12.7. The Morgan fingerprint density at radius 2 is 1.50 bits per heavy atom. The standard InChI is InChI=1S/C26H25N3O3S2/c1-34(31,32)22-14-12-21(13-15-22)28-26-29-24(18-33-26)25(30)27-17-16-23(19-8-4-2-5-9-19)20-10-6-3-7-11-20/h2-15,18,23H,16-17H2,1H3,(H,27,30)(H,28,29). The van der Waals surface area contributed by atoms with Crippen LogP contribution in [-0.4, -0.2) is 32.1 Å². The molecule has 3 aromatic carbocycles. The Balaban J connectivity index is 1.36. The first-order chi connectivity index (χ1) is 16.4. The van der Waals surface area contributed by atoms with Crippen molar-refractivity contribution in [3.05, 3.63) is 107 Å². The summed E-state index contributed by atoms with van der Waals surface area (Å²) in [5.41, 5.74) is 3.47. The number of nitrogens with one attached hydrogen (secondary N) is 2. The van der Waals surface area contributed by atoms with Gasteiger partial charge in [-0.2, -0.15) is 0 Å². The number of carbonyl (C=O) groups is 1. The van der Waals surface area contributed by atoms with E-state index in [1.54, 1.807) is 17.5 Å². The van der Waals surface area contributed by atoms with Gasteiger partial charge in [-0.05, 0) is 41.8 Å². The molecule has 0 atom stereocenters. The summed E-state index contributed by atoms with van der Waals surface area (Å²) in [5, 5.41) is 8.35. The summed E-state index contributed by atoms with van der Waals surface area (Å²) >= 11 is 1.31. The Morgan fingerprint density at radius 1 is 0.912 bits per heavy atom. The van der Waals surface area contributed by atoms with E-state index in [-0.39, 0.29) is 16.7 Å². The summed E-state index contributed by atoms with van der Waals surface area (Å²) in [5.74, 6) is -0.0399. The van der Waals surface area contributed by atoms with Gasteiger partial charge in [0, 0.05) is 29.8 Å². The van der Waals surface area contributed by atoms with Crippen molar-refractivity contribution < 1.29 is 13.2 Å². The van der Waals surface area contributed by atoms with Gasteiger partial charge in [0.15, 0.2) is 15.0 Å². The van der Waals surface area contributed by atoms with Crippen molar-refractivity contribution in [1.82, 2.24) is 10.3 Å². The van der Waals surface area contributed by atoms with Crippen molar-refractivity contribution in [2.75, 3.05) is 18.1 Å². The molecule has 0 saturated heterocycles. The lowest BCUT2D eigenvalue weighted by molar-refractivity contribution is 0.0948. The molecule has 0 spiro atoms. The van der Waals surface area contributed by atoms with E-state index in [4.69, 9.17) is 0 Å². The van der Waals surface area contributed by atoms with E-state index in [0.717, 1.165) is 6.42 Å². The maximum absolute atomic E-state index is 12.7. The molecule has 1 heterocycles. The number of thiazole rings is 1. The third-order valence-corrected chi connectivity index (χ3v) is 7.28. The lowest BCUT2D eigenvalue weighted by atomic mass is 9.88. The van der Waals surface area contributed by atoms with Crippen molar-refractivity contribution in [3.63, 3.8) is 0 Å². The maximum Gasteiger partial charge on any atom is 0.270 e. The Morgan fingerprint density at radius 3 is 2.06 bits per heavy atom. The topological polar surface area (TPSA) is 88.2 Å². The second kappa shape index (κ2) is 10.6. The summed E-state index contributed by atoms with van der Waals surface area (Å²) in [6.45, 7) is 0.514. The van der Waals surface area contributed by atoms with Crippen molar-refractivity contribution in [1.29, 1.82) is 0 Å². The molecule has 4 rings (SSSR count). The Kier molecular flexibility index (Phi) is 7.40. The van der Waals surface area contributed by atoms with Crippen LogP contribution in [-0.2, 0) is 9.84 Å². The monoisotopic (exact) mass is 491 g/mol. The van der Waals surface area contributed by atoms with E-state index in [1.807, 2.05) is 36.4 Å². The van der Waals surface area contributed by atoms with Gasteiger partial charge >= 0.3 is 0 Å². The van der Waals surface area contributed by atoms with E-state index in [0.29, 0.717) is 23.1 Å². The number of hydrogen-bond acceptors (Lipinski definition) is 6. The van der Waals surface area contributed by atoms with Crippen LogP contribution in [0, 0.1) is 0 Å². The molecule has 1 aromatic heterocycles. The third-order valence-electron chi connectivity index (χ3n) is 5.39. The van der Waals surface area contributed by atoms with Gasteiger partial charge in [0.25, 0.3) is 5.91 Å². The quantitative estimate of drug-likeness (QED) is 0.334. The van der Waals surface area contributed by atoms with Gasteiger partial charge < -0.3 is 10.6 Å². The minimum atomic E-state index is -3.24. The highest BCUT2D eigenvalue weighted by Crippen LogP contribution is 2.27. The molecule has 174 valence electrons. The van der Waals surface area contributed by atoms with E-state index >= 15 is 0 Å². The van der Waals surface area contributed by atoms with Crippen molar-refractivity contribution >= 4 is 37.9 Å². The molecule has 0 aliphatic rings. The third kappa shape index (κ3) is 6.09. The summed E-state index contributed by atoms with van der Waals surface area (Å²) in [6, 6.07) is 27.0. The molecule has 0 fully saturated rings. The molecule has 34 heavy (non-hydrogen) atoms. The summed E-state index contributed by atoms with van der Waals surface area (Å²) in [4.78, 5) is 17.3. The molecule has 0 unspecified atom stereocenters. The second-order valence-electron chi connectivity index (χ2n) is 7.88. The summed E-state index contributed by atoms with van der Waals surface area (Å²) in [7, 11) is -3.24. The molecule has 0 aliphatic carbocycles. The first-order valence-corrected chi connectivity index (χ1v) is 13.6. The first-order valence-electron chi connectivity index (χ1n) is 10.8. The number of carbonyl (C=O) groups excluding carboxylic acids is 1. The van der Waals surface area contributed by atoms with Crippen LogP contribution in [0.2, 0.25) is 0 Å². The van der Waals surface area contributed by atoms with Crippen LogP contribution in [0.1, 0.15) is 34.0 Å². The van der Waals surface area contributed by atoms with Crippen molar-refractivity contribution in [2.24, 2.45) is 0 Å². The number of nitrogens with zero attached hydrogens (tertiary/aromatic N) is 1. The zero-order chi connectivity index (χ0) is 24.0. The predicted octanol–water partition coefficient (Wildman–Crippen LogP) is 5.24. The van der Waals surface area contributed by atoms with Gasteiger partial charge in [-0.15, -0.1) is 11.3 Å². The smallest absolute Gasteiger partial charge is 0.270 e. The zero-order valence-electron chi connectivity index (χ0n) is 18.6. The number of aromatic nitrogens is 1. The second-order valence-corrected chi connectivity index (χ2v) is 10.8. The number of benzene rings is 3. The van der Waals surface area contributed by atoms with Crippen LogP contribution in [0.4, 0.5) is 10.8 Å². The van der Waals surface area contributed by atoms with Gasteiger partial charge in [0.05, 0.1) is 4.90 Å². The average molecular weight is 492 g/mol. The summed E-state index contributed by atoms with van der Waals surface area (Å²) < 4.78 is 23.2. The number of amides is 1. The van der Waals surface area contributed by atoms with Crippen LogP contribution in [0.15, 0.2) is 95.2 Å². The van der Waals surface area contributed by atoms with E-state index in [9.17, 15) is 13.2 Å². The highest BCUT2D eigenvalue weighted by Gasteiger charge is 2.16. The highest BCUT2D eigenvalue weighted by atomic mass is 32.2. The fourth-order valence-corrected chi connectivity index (χ4v) is 5.00. The van der Waals surface area contributed by atoms with Crippen LogP contribution in [0.25, 0.3) is 0 Å². The minimum absolute atomic E-state index is 0.185. The lowest BCUT2D eigenvalue weighted by Crippen LogP contribution is -2.26. The Labute approximate surface area is 203 Å². The van der Waals surface area contributed by atoms with Gasteiger partial charge in [-0.1, -0.05) is 60.7 Å². The van der Waals surface area contributed by atoms with E-state index in [2.05, 4.69) is 39.9 Å². The normalized spacial score (nSPS) is 11.4. The van der Waals surface area contributed by atoms with Gasteiger partial charge in [0.1, 0.15) is 5.69 Å². The fourth-order valence-electron chi connectivity index (χ4n) is 3.66. The van der Waals surface area contributed by atoms with Gasteiger partial charge in [0.2, 0.25) is 0 Å². The van der Waals surface area contributed by atoms with Crippen molar-refractivity contribution in [3.8, 4) is 0 Å². The number of hydrogen-bond donors (Lipinski definition) is 2. The van der Waals surface area contributed by atoms with Crippen LogP contribution in [0.5, 0.6) is 0 Å². The molecule has 0 bridgehead atoms. The molecule has 1 amide bonds. The van der Waals surface area contributed by atoms with Crippen molar-refractivity contribution in [2.45, 2.75) is 17.2 Å². The fraction of sp³-hybridized carbons (Fsp3) is 0.154. The van der Waals surface area contributed by atoms with Gasteiger partial charge in [-0.25, -0.2) is 13.4 Å². The van der Waals surface area contributed by atoms with Crippen LogP contribution in [0.3, 0.4) is 0 Å². The molecule has 4 aromatic rings. The molecular formula is C26H25N3O3S2. The van der Waals surface area contributed by atoms with E-state index in [1.165, 1.54) is 40.9 Å². The minimum Gasteiger partial charge on any atom is -0.351 e. The SMILES string of the molecule is CS(=O)(=O)c1ccc(Nc2nc(C(=O)NCCC(c3ccccc3)c3ccccc3)cs2)cc1. The van der Waals surface area contributed by atoms with Crippen LogP contribution >= 0.6 is 11.3 Å². The average Bonchev–Trinajstić information content (AvgIpc) is 3.31. The molecule has 8 heteroatoms. The predicted molar refractivity (Wildman–Crippen MR) is 137 cm³/mol. The molecule has 0 saturated carbocycles. The molecule has 2 N–H and O–H groups in total. The number of rotatable bonds is 9. The van der Waals surface area contributed by atoms with Gasteiger partial charge in [-0.3, -0.25) is 4.79 Å². The lowest BCUT2D eigenvalue weighted by Gasteiger charge is -2.18. The molecule has 6 nitrogen and oxygen atoms in total. The van der Waals surface area contributed by atoms with Crippen LogP contribution < -0.4 is 10.6 Å². The molecular weight excluding hydrogens is 466 g/mol. The number of anilines is 2. The highest BCUT2D eigenvalue weighted by molar-refractivity contribution is 7.90. The largest absolute Gasteiger partial charge is 0.351 e.